The molecule has 1 heterocycles. The fourth-order valence-corrected chi connectivity index (χ4v) is 1.67. The number of halogens is 1. The van der Waals surface area contributed by atoms with Gasteiger partial charge in [0.15, 0.2) is 11.6 Å². The summed E-state index contributed by atoms with van der Waals surface area (Å²) in [6.07, 6.45) is 3.30. The predicted octanol–water partition coefficient (Wildman–Crippen LogP) is 0.661. The highest BCUT2D eigenvalue weighted by Gasteiger charge is 2.23. The van der Waals surface area contributed by atoms with Crippen LogP contribution >= 0.6 is 0 Å². The van der Waals surface area contributed by atoms with E-state index < -0.39 is 11.7 Å². The molecular formula is C13H17FN4O2. The molecule has 0 saturated heterocycles. The van der Waals surface area contributed by atoms with Gasteiger partial charge in [-0.3, -0.25) is 9.59 Å². The van der Waals surface area contributed by atoms with Crippen LogP contribution in [0.2, 0.25) is 0 Å². The number of anilines is 1. The smallest absolute Gasteiger partial charge is 0.254 e. The van der Waals surface area contributed by atoms with Crippen LogP contribution in [0.1, 0.15) is 30.1 Å². The number of carbonyl (C=O) groups is 2. The van der Waals surface area contributed by atoms with Crippen molar-refractivity contribution >= 4 is 17.6 Å². The maximum Gasteiger partial charge on any atom is 0.254 e. The van der Waals surface area contributed by atoms with Crippen molar-refractivity contribution < 1.29 is 14.0 Å². The van der Waals surface area contributed by atoms with E-state index in [-0.39, 0.29) is 29.9 Å². The molecule has 0 atom stereocenters. The molecule has 1 aromatic heterocycles. The van der Waals surface area contributed by atoms with Crippen molar-refractivity contribution in [3.63, 3.8) is 0 Å². The number of carbonyl (C=O) groups excluding carboxylic acids is 2. The van der Waals surface area contributed by atoms with E-state index in [1.807, 2.05) is 0 Å². The first kappa shape index (κ1) is 14.2. The molecule has 0 radical (unpaired) electrons. The molecule has 2 amide bonds. The number of aromatic nitrogens is 1. The fraction of sp³-hybridized carbons (Fsp3) is 0.462. The zero-order valence-electron chi connectivity index (χ0n) is 11.2. The Hall–Kier alpha value is -2.18. The van der Waals surface area contributed by atoms with Crippen molar-refractivity contribution in [1.29, 1.82) is 0 Å². The van der Waals surface area contributed by atoms with E-state index in [0.717, 1.165) is 12.8 Å². The van der Waals surface area contributed by atoms with Crippen LogP contribution in [0.25, 0.3) is 0 Å². The van der Waals surface area contributed by atoms with Crippen LogP contribution in [0.5, 0.6) is 0 Å². The lowest BCUT2D eigenvalue weighted by Crippen LogP contribution is -2.38. The van der Waals surface area contributed by atoms with Crippen molar-refractivity contribution in [3.8, 4) is 0 Å². The third kappa shape index (κ3) is 3.66. The first-order chi connectivity index (χ1) is 9.61. The molecular weight excluding hydrogens is 263 g/mol. The molecule has 7 heteroatoms. The molecule has 20 heavy (non-hydrogen) atoms. The molecule has 2 rings (SSSR count). The lowest BCUT2D eigenvalue weighted by atomic mass is 10.2. The van der Waals surface area contributed by atoms with Crippen molar-refractivity contribution in [2.24, 2.45) is 0 Å². The first-order valence-corrected chi connectivity index (χ1v) is 6.57. The van der Waals surface area contributed by atoms with Crippen LogP contribution < -0.4 is 16.0 Å². The Labute approximate surface area is 116 Å². The minimum Gasteiger partial charge on any atom is -0.368 e. The molecule has 1 aromatic rings. The van der Waals surface area contributed by atoms with Gasteiger partial charge >= 0.3 is 0 Å². The SMILES string of the molecule is CCNc1nccc(C(=O)NCC(=O)NC2CC2)c1F. The van der Waals surface area contributed by atoms with Crippen LogP contribution in [0.4, 0.5) is 10.2 Å². The summed E-state index contributed by atoms with van der Waals surface area (Å²) in [7, 11) is 0. The van der Waals surface area contributed by atoms with E-state index in [2.05, 4.69) is 20.9 Å². The molecule has 108 valence electrons. The number of pyridine rings is 1. The Balaban J connectivity index is 1.94. The second-order valence-electron chi connectivity index (χ2n) is 4.58. The maximum atomic E-state index is 14.0. The third-order valence-corrected chi connectivity index (χ3v) is 2.83. The molecule has 1 aliphatic carbocycles. The van der Waals surface area contributed by atoms with E-state index in [9.17, 15) is 14.0 Å². The van der Waals surface area contributed by atoms with Crippen LogP contribution in [0, 0.1) is 5.82 Å². The average molecular weight is 280 g/mol. The van der Waals surface area contributed by atoms with Gasteiger partial charge in [-0.2, -0.15) is 0 Å². The molecule has 1 aliphatic rings. The van der Waals surface area contributed by atoms with Gasteiger partial charge in [-0.05, 0) is 25.8 Å². The first-order valence-electron chi connectivity index (χ1n) is 6.57. The van der Waals surface area contributed by atoms with Crippen molar-refractivity contribution in [2.75, 3.05) is 18.4 Å². The van der Waals surface area contributed by atoms with Gasteiger partial charge in [0.05, 0.1) is 12.1 Å². The van der Waals surface area contributed by atoms with E-state index in [1.165, 1.54) is 12.3 Å². The number of rotatable bonds is 6. The predicted molar refractivity (Wildman–Crippen MR) is 71.9 cm³/mol. The Bertz CT molecular complexity index is 517. The largest absolute Gasteiger partial charge is 0.368 e. The standard InChI is InChI=1S/C13H17FN4O2/c1-2-15-12-11(14)9(5-6-16-12)13(20)17-7-10(19)18-8-3-4-8/h5-6,8H,2-4,7H2,1H3,(H,15,16)(H,17,20)(H,18,19). The molecule has 0 aliphatic heterocycles. The number of nitrogens with one attached hydrogen (secondary N) is 3. The summed E-state index contributed by atoms with van der Waals surface area (Å²) >= 11 is 0. The molecule has 0 unspecified atom stereocenters. The van der Waals surface area contributed by atoms with E-state index in [0.29, 0.717) is 6.54 Å². The maximum absolute atomic E-state index is 14.0. The Morgan fingerprint density at radius 1 is 1.45 bits per heavy atom. The van der Waals surface area contributed by atoms with Gasteiger partial charge < -0.3 is 16.0 Å². The average Bonchev–Trinajstić information content (AvgIpc) is 3.22. The summed E-state index contributed by atoms with van der Waals surface area (Å²) in [5, 5.41) is 7.86. The van der Waals surface area contributed by atoms with Crippen molar-refractivity contribution in [1.82, 2.24) is 15.6 Å². The van der Waals surface area contributed by atoms with Gasteiger partial charge in [0.25, 0.3) is 5.91 Å². The Kier molecular flexibility index (Phi) is 4.49. The molecule has 0 aromatic carbocycles. The van der Waals surface area contributed by atoms with Crippen LogP contribution in [-0.4, -0.2) is 35.9 Å². The summed E-state index contributed by atoms with van der Waals surface area (Å²) in [5.41, 5.74) is -0.129. The van der Waals surface area contributed by atoms with E-state index in [4.69, 9.17) is 0 Å². The van der Waals surface area contributed by atoms with Crippen LogP contribution in [-0.2, 0) is 4.79 Å². The topological polar surface area (TPSA) is 83.1 Å². The van der Waals surface area contributed by atoms with Gasteiger partial charge in [0.1, 0.15) is 0 Å². The summed E-state index contributed by atoms with van der Waals surface area (Å²) in [6.45, 7) is 2.14. The van der Waals surface area contributed by atoms with Gasteiger partial charge in [-0.1, -0.05) is 0 Å². The van der Waals surface area contributed by atoms with E-state index >= 15 is 0 Å². The second-order valence-corrected chi connectivity index (χ2v) is 4.58. The number of hydrogen-bond acceptors (Lipinski definition) is 4. The van der Waals surface area contributed by atoms with Crippen LogP contribution in [0.3, 0.4) is 0 Å². The highest BCUT2D eigenvalue weighted by Crippen LogP contribution is 2.18. The number of nitrogens with zero attached hydrogens (tertiary/aromatic N) is 1. The highest BCUT2D eigenvalue weighted by molar-refractivity contribution is 5.97. The summed E-state index contributed by atoms with van der Waals surface area (Å²) < 4.78 is 14.0. The minimum atomic E-state index is -0.713. The van der Waals surface area contributed by atoms with Crippen LogP contribution in [0.15, 0.2) is 12.3 Å². The summed E-state index contributed by atoms with van der Waals surface area (Å²) in [5.74, 6) is -1.57. The number of amides is 2. The van der Waals surface area contributed by atoms with Gasteiger partial charge in [-0.15, -0.1) is 0 Å². The molecule has 0 bridgehead atoms. The molecule has 3 N–H and O–H groups in total. The minimum absolute atomic E-state index is 0.0302. The van der Waals surface area contributed by atoms with E-state index in [1.54, 1.807) is 6.92 Å². The monoisotopic (exact) mass is 280 g/mol. The Morgan fingerprint density at radius 3 is 2.85 bits per heavy atom. The van der Waals surface area contributed by atoms with Gasteiger partial charge in [-0.25, -0.2) is 9.37 Å². The summed E-state index contributed by atoms with van der Waals surface area (Å²) in [4.78, 5) is 27.1. The molecule has 0 spiro atoms. The number of hydrogen-bond donors (Lipinski definition) is 3. The summed E-state index contributed by atoms with van der Waals surface area (Å²) in [6, 6.07) is 1.52. The van der Waals surface area contributed by atoms with Crippen molar-refractivity contribution in [2.45, 2.75) is 25.8 Å². The van der Waals surface area contributed by atoms with Gasteiger partial charge in [0.2, 0.25) is 5.91 Å². The van der Waals surface area contributed by atoms with Crippen molar-refractivity contribution in [3.05, 3.63) is 23.6 Å². The second kappa shape index (κ2) is 6.31. The normalized spacial score (nSPS) is 13.7. The molecule has 6 nitrogen and oxygen atoms in total. The zero-order valence-corrected chi connectivity index (χ0v) is 11.2. The fourth-order valence-electron chi connectivity index (χ4n) is 1.67. The third-order valence-electron chi connectivity index (χ3n) is 2.83. The Morgan fingerprint density at radius 2 is 2.20 bits per heavy atom. The lowest BCUT2D eigenvalue weighted by Gasteiger charge is -2.09. The molecule has 1 saturated carbocycles. The highest BCUT2D eigenvalue weighted by atomic mass is 19.1. The quantitative estimate of drug-likeness (QED) is 0.715. The lowest BCUT2D eigenvalue weighted by molar-refractivity contribution is -0.120. The zero-order chi connectivity index (χ0) is 14.5. The molecule has 1 fully saturated rings. The van der Waals surface area contributed by atoms with Gasteiger partial charge in [0, 0.05) is 18.8 Å².